The second-order valence-electron chi connectivity index (χ2n) is 8.70. The maximum Gasteiger partial charge on any atom is 0.417 e. The molecule has 1 amide bonds. The molecule has 0 spiro atoms. The van der Waals surface area contributed by atoms with Crippen molar-refractivity contribution >= 4 is 5.91 Å². The van der Waals surface area contributed by atoms with Gasteiger partial charge in [-0.15, -0.1) is 10.2 Å². The van der Waals surface area contributed by atoms with Gasteiger partial charge in [0.25, 0.3) is 11.8 Å². The molecule has 0 saturated carbocycles. The molecule has 0 aliphatic carbocycles. The molecule has 11 heteroatoms. The first-order valence-corrected chi connectivity index (χ1v) is 10.6. The molecule has 0 N–H and O–H groups in total. The van der Waals surface area contributed by atoms with Crippen molar-refractivity contribution in [1.29, 1.82) is 5.26 Å². The topological polar surface area (TPSA) is 101 Å². The number of hydrogen-bond acceptors (Lipinski definition) is 7. The molecule has 0 bridgehead atoms. The van der Waals surface area contributed by atoms with Gasteiger partial charge in [-0.3, -0.25) is 4.79 Å². The minimum atomic E-state index is -4.73. The van der Waals surface area contributed by atoms with Crippen molar-refractivity contribution < 1.29 is 31.9 Å². The van der Waals surface area contributed by atoms with Gasteiger partial charge < -0.3 is 18.8 Å². The van der Waals surface area contributed by atoms with Gasteiger partial charge in [-0.2, -0.15) is 18.4 Å². The number of nitrogens with zero attached hydrogens (tertiary/aromatic N) is 4. The fourth-order valence-electron chi connectivity index (χ4n) is 3.97. The Morgan fingerprint density at radius 2 is 1.97 bits per heavy atom. The molecule has 1 fully saturated rings. The number of carbonyl (C=O) groups excluding carboxylic acids is 1. The van der Waals surface area contributed by atoms with Crippen LogP contribution in [0.1, 0.15) is 30.9 Å². The lowest BCUT2D eigenvalue weighted by atomic mass is 9.89. The van der Waals surface area contributed by atoms with E-state index in [0.29, 0.717) is 11.3 Å². The molecule has 1 saturated heterocycles. The van der Waals surface area contributed by atoms with Crippen molar-refractivity contribution in [2.45, 2.75) is 32.7 Å². The van der Waals surface area contributed by atoms with Crippen LogP contribution in [0.3, 0.4) is 0 Å². The van der Waals surface area contributed by atoms with Crippen LogP contribution in [0, 0.1) is 16.7 Å². The van der Waals surface area contributed by atoms with Gasteiger partial charge in [0.05, 0.1) is 36.4 Å². The smallest absolute Gasteiger partial charge is 0.417 e. The van der Waals surface area contributed by atoms with Crippen LogP contribution in [0.25, 0.3) is 11.5 Å². The Bertz CT molecular complexity index is 1300. The monoisotopic (exact) mass is 486 g/mol. The number of hydrogen-bond donors (Lipinski definition) is 0. The lowest BCUT2D eigenvalue weighted by Crippen LogP contribution is -2.36. The van der Waals surface area contributed by atoms with Crippen LogP contribution in [-0.2, 0) is 17.5 Å². The maximum atomic E-state index is 13.3. The van der Waals surface area contributed by atoms with E-state index in [9.17, 15) is 18.0 Å². The van der Waals surface area contributed by atoms with E-state index < -0.39 is 34.7 Å². The van der Waals surface area contributed by atoms with Crippen LogP contribution >= 0.6 is 0 Å². The molecule has 1 aliphatic rings. The summed E-state index contributed by atoms with van der Waals surface area (Å²) in [6, 6.07) is 11.6. The Morgan fingerprint density at radius 3 is 2.66 bits per heavy atom. The molecule has 1 unspecified atom stereocenters. The molecule has 3 aromatic rings. The molecule has 1 atom stereocenters. The minimum absolute atomic E-state index is 0.00540. The van der Waals surface area contributed by atoms with Gasteiger partial charge in [0.1, 0.15) is 11.5 Å². The number of rotatable bonds is 6. The van der Waals surface area contributed by atoms with Gasteiger partial charge in [-0.1, -0.05) is 26.0 Å². The van der Waals surface area contributed by atoms with E-state index in [-0.39, 0.29) is 30.6 Å². The standard InChI is InChI=1S/C24H21F3N4O4/c1-23(2)13-31(12-19-29-30-21(35-19)16-6-4-5-7-18(16)33-3)22(32)20(23)34-15-9-8-14(11-28)17(10-15)24(25,26)27/h4-10,20H,12-13H2,1-3H3. The Morgan fingerprint density at radius 1 is 1.23 bits per heavy atom. The summed E-state index contributed by atoms with van der Waals surface area (Å²) in [6.45, 7) is 3.81. The number of aromatic nitrogens is 2. The first-order valence-electron chi connectivity index (χ1n) is 10.6. The number of alkyl halides is 3. The molecule has 1 aliphatic heterocycles. The zero-order valence-corrected chi connectivity index (χ0v) is 19.1. The number of likely N-dealkylation sites (tertiary alicyclic amines) is 1. The fourth-order valence-corrected chi connectivity index (χ4v) is 3.97. The summed E-state index contributed by atoms with van der Waals surface area (Å²) in [7, 11) is 1.52. The van der Waals surface area contributed by atoms with Gasteiger partial charge in [0, 0.05) is 12.0 Å². The predicted octanol–water partition coefficient (Wildman–Crippen LogP) is 4.45. The quantitative estimate of drug-likeness (QED) is 0.507. The number of benzene rings is 2. The molecular formula is C24H21F3N4O4. The summed E-state index contributed by atoms with van der Waals surface area (Å²) in [5.41, 5.74) is -1.77. The molecule has 2 heterocycles. The van der Waals surface area contributed by atoms with Gasteiger partial charge in [-0.05, 0) is 30.3 Å². The molecule has 0 radical (unpaired) electrons. The largest absolute Gasteiger partial charge is 0.496 e. The second-order valence-corrected chi connectivity index (χ2v) is 8.70. The van der Waals surface area contributed by atoms with Crippen molar-refractivity contribution in [2.75, 3.05) is 13.7 Å². The lowest BCUT2D eigenvalue weighted by Gasteiger charge is -2.24. The summed E-state index contributed by atoms with van der Waals surface area (Å²) in [5, 5.41) is 17.0. The maximum absolute atomic E-state index is 13.3. The Labute approximate surface area is 198 Å². The van der Waals surface area contributed by atoms with Crippen LogP contribution in [0.2, 0.25) is 0 Å². The third-order valence-corrected chi connectivity index (χ3v) is 5.65. The summed E-state index contributed by atoms with van der Waals surface area (Å²) in [4.78, 5) is 14.6. The number of halogens is 3. The third-order valence-electron chi connectivity index (χ3n) is 5.65. The van der Waals surface area contributed by atoms with Gasteiger partial charge in [-0.25, -0.2) is 0 Å². The summed E-state index contributed by atoms with van der Waals surface area (Å²) >= 11 is 0. The van der Waals surface area contributed by atoms with Crippen molar-refractivity contribution in [3.05, 3.63) is 59.5 Å². The van der Waals surface area contributed by atoms with E-state index in [2.05, 4.69) is 10.2 Å². The molecule has 35 heavy (non-hydrogen) atoms. The first-order chi connectivity index (χ1) is 16.5. The first kappa shape index (κ1) is 24.1. The molecule has 2 aromatic carbocycles. The van der Waals surface area contributed by atoms with Crippen LogP contribution in [0.15, 0.2) is 46.9 Å². The average Bonchev–Trinajstić information content (AvgIpc) is 3.36. The van der Waals surface area contributed by atoms with Gasteiger partial charge >= 0.3 is 6.18 Å². The normalized spacial score (nSPS) is 17.3. The van der Waals surface area contributed by atoms with Gasteiger partial charge in [0.2, 0.25) is 5.89 Å². The lowest BCUT2D eigenvalue weighted by molar-refractivity contribution is -0.138. The molecule has 1 aromatic heterocycles. The van der Waals surface area contributed by atoms with Crippen molar-refractivity contribution in [1.82, 2.24) is 15.1 Å². The number of amides is 1. The number of nitriles is 1. The van der Waals surface area contributed by atoms with Gasteiger partial charge in [0.15, 0.2) is 6.10 Å². The molecular weight excluding hydrogens is 465 g/mol. The zero-order chi connectivity index (χ0) is 25.4. The Kier molecular flexibility index (Phi) is 6.15. The SMILES string of the molecule is COc1ccccc1-c1nnc(CN2CC(C)(C)C(Oc3ccc(C#N)c(C(F)(F)F)c3)C2=O)o1. The number of carbonyl (C=O) groups is 1. The van der Waals surface area contributed by atoms with Crippen LogP contribution in [0.5, 0.6) is 11.5 Å². The van der Waals surface area contributed by atoms with E-state index in [1.54, 1.807) is 38.1 Å². The van der Waals surface area contributed by atoms with Crippen molar-refractivity contribution in [2.24, 2.45) is 5.41 Å². The highest BCUT2D eigenvalue weighted by atomic mass is 19.4. The number of ether oxygens (including phenoxy) is 2. The zero-order valence-electron chi connectivity index (χ0n) is 19.1. The third kappa shape index (κ3) is 4.77. The minimum Gasteiger partial charge on any atom is -0.496 e. The summed E-state index contributed by atoms with van der Waals surface area (Å²) in [5.74, 6) is 0.392. The van der Waals surface area contributed by atoms with E-state index in [4.69, 9.17) is 19.2 Å². The van der Waals surface area contributed by atoms with Crippen LogP contribution in [0.4, 0.5) is 13.2 Å². The van der Waals surface area contributed by atoms with Crippen molar-refractivity contribution in [3.63, 3.8) is 0 Å². The highest BCUT2D eigenvalue weighted by Crippen LogP contribution is 2.38. The van der Waals surface area contributed by atoms with Crippen LogP contribution < -0.4 is 9.47 Å². The molecule has 182 valence electrons. The second kappa shape index (κ2) is 8.94. The molecule has 8 nitrogen and oxygen atoms in total. The highest BCUT2D eigenvalue weighted by molar-refractivity contribution is 5.84. The summed E-state index contributed by atoms with van der Waals surface area (Å²) in [6.07, 6.45) is -5.78. The highest BCUT2D eigenvalue weighted by Gasteiger charge is 2.48. The van der Waals surface area contributed by atoms with Crippen molar-refractivity contribution in [3.8, 4) is 29.0 Å². The molecule has 4 rings (SSSR count). The Balaban J connectivity index is 1.53. The van der Waals surface area contributed by atoms with E-state index in [1.807, 2.05) is 0 Å². The predicted molar refractivity (Wildman–Crippen MR) is 116 cm³/mol. The van der Waals surface area contributed by atoms with E-state index in [0.717, 1.165) is 12.1 Å². The van der Waals surface area contributed by atoms with E-state index in [1.165, 1.54) is 24.1 Å². The number of methoxy groups -OCH3 is 1. The Hall–Kier alpha value is -4.07. The van der Waals surface area contributed by atoms with E-state index >= 15 is 0 Å². The summed E-state index contributed by atoms with van der Waals surface area (Å²) < 4.78 is 56.7. The number of para-hydroxylation sites is 1. The average molecular weight is 486 g/mol. The van der Waals surface area contributed by atoms with Crippen LogP contribution in [-0.4, -0.2) is 40.8 Å². The fraction of sp³-hybridized carbons (Fsp3) is 0.333.